The van der Waals surface area contributed by atoms with E-state index in [9.17, 15) is 4.79 Å². The molecule has 0 spiro atoms. The molecule has 1 aromatic rings. The van der Waals surface area contributed by atoms with E-state index in [-0.39, 0.29) is 0 Å². The lowest BCUT2D eigenvalue weighted by atomic mass is 9.77. The fourth-order valence-electron chi connectivity index (χ4n) is 3.96. The van der Waals surface area contributed by atoms with Crippen LogP contribution in [0.3, 0.4) is 0 Å². The third-order valence-corrected chi connectivity index (χ3v) is 5.30. The number of nitrogens with one attached hydrogen (secondary N) is 1. The summed E-state index contributed by atoms with van der Waals surface area (Å²) in [7, 11) is 0. The Bertz CT molecular complexity index is 479. The van der Waals surface area contributed by atoms with Gasteiger partial charge in [-0.25, -0.2) is 0 Å². The van der Waals surface area contributed by atoms with Gasteiger partial charge in [0.2, 0.25) is 5.91 Å². The van der Waals surface area contributed by atoms with Gasteiger partial charge in [0.1, 0.15) is 0 Å². The van der Waals surface area contributed by atoms with Crippen molar-refractivity contribution in [1.82, 2.24) is 10.2 Å². The van der Waals surface area contributed by atoms with E-state index in [1.54, 1.807) is 0 Å². The van der Waals surface area contributed by atoms with Crippen molar-refractivity contribution in [2.24, 2.45) is 5.92 Å². The Labute approximate surface area is 134 Å². The molecule has 1 heterocycles. The van der Waals surface area contributed by atoms with Crippen LogP contribution in [-0.4, -0.2) is 36.5 Å². The molecular weight excluding hydrogens is 272 g/mol. The molecule has 3 rings (SSSR count). The molecule has 3 nitrogen and oxygen atoms in total. The van der Waals surface area contributed by atoms with Crippen LogP contribution in [0.25, 0.3) is 0 Å². The second kappa shape index (κ2) is 7.28. The zero-order valence-corrected chi connectivity index (χ0v) is 13.6. The molecule has 0 radical (unpaired) electrons. The molecule has 1 aromatic carbocycles. The van der Waals surface area contributed by atoms with Crippen LogP contribution in [-0.2, 0) is 4.79 Å². The van der Waals surface area contributed by atoms with Crippen LogP contribution in [0.1, 0.15) is 50.5 Å². The molecule has 1 aliphatic heterocycles. The summed E-state index contributed by atoms with van der Waals surface area (Å²) >= 11 is 0. The highest BCUT2D eigenvalue weighted by atomic mass is 16.2. The first-order valence-corrected chi connectivity index (χ1v) is 8.78. The van der Waals surface area contributed by atoms with Crippen molar-refractivity contribution in [3.05, 3.63) is 35.9 Å². The van der Waals surface area contributed by atoms with Crippen molar-refractivity contribution in [1.29, 1.82) is 0 Å². The Hall–Kier alpha value is -1.35. The van der Waals surface area contributed by atoms with Crippen LogP contribution in [0.5, 0.6) is 0 Å². The molecule has 120 valence electrons. The topological polar surface area (TPSA) is 32.3 Å². The second-order valence-corrected chi connectivity index (χ2v) is 7.03. The normalized spacial score (nSPS) is 29.3. The summed E-state index contributed by atoms with van der Waals surface area (Å²) in [6.07, 6.45) is 5.63. The average Bonchev–Trinajstić information content (AvgIpc) is 2.56. The van der Waals surface area contributed by atoms with Gasteiger partial charge in [0, 0.05) is 32.1 Å². The molecular formula is C19H28N2O. The Morgan fingerprint density at radius 2 is 1.91 bits per heavy atom. The van der Waals surface area contributed by atoms with Crippen molar-refractivity contribution < 1.29 is 4.79 Å². The van der Waals surface area contributed by atoms with Gasteiger partial charge in [-0.2, -0.15) is 0 Å². The molecule has 1 aliphatic carbocycles. The molecule has 1 N–H and O–H groups in total. The van der Waals surface area contributed by atoms with E-state index in [2.05, 4.69) is 47.5 Å². The minimum Gasteiger partial charge on any atom is -0.340 e. The van der Waals surface area contributed by atoms with Gasteiger partial charge in [-0.05, 0) is 50.0 Å². The van der Waals surface area contributed by atoms with E-state index in [1.807, 2.05) is 0 Å². The van der Waals surface area contributed by atoms with E-state index in [0.717, 1.165) is 26.1 Å². The zero-order valence-electron chi connectivity index (χ0n) is 13.6. The Balaban J connectivity index is 1.46. The van der Waals surface area contributed by atoms with Gasteiger partial charge in [-0.15, -0.1) is 0 Å². The van der Waals surface area contributed by atoms with Gasteiger partial charge < -0.3 is 10.2 Å². The smallest absolute Gasteiger partial charge is 0.222 e. The molecule has 1 saturated carbocycles. The lowest BCUT2D eigenvalue weighted by Gasteiger charge is -2.34. The maximum absolute atomic E-state index is 12.5. The second-order valence-electron chi connectivity index (χ2n) is 7.03. The van der Waals surface area contributed by atoms with Gasteiger partial charge in [-0.3, -0.25) is 4.79 Å². The molecule has 1 saturated heterocycles. The van der Waals surface area contributed by atoms with Crippen LogP contribution in [0, 0.1) is 5.92 Å². The highest BCUT2D eigenvalue weighted by Crippen LogP contribution is 2.37. The van der Waals surface area contributed by atoms with E-state index in [1.165, 1.54) is 31.2 Å². The lowest BCUT2D eigenvalue weighted by molar-refractivity contribution is -0.133. The monoisotopic (exact) mass is 300 g/mol. The van der Waals surface area contributed by atoms with Crippen molar-refractivity contribution in [2.45, 2.75) is 51.0 Å². The van der Waals surface area contributed by atoms with E-state index >= 15 is 0 Å². The quantitative estimate of drug-likeness (QED) is 0.930. The summed E-state index contributed by atoms with van der Waals surface area (Å²) in [6, 6.07) is 11.3. The minimum atomic E-state index is 0.372. The van der Waals surface area contributed by atoms with Gasteiger partial charge in [0.15, 0.2) is 0 Å². The Morgan fingerprint density at radius 1 is 1.18 bits per heavy atom. The van der Waals surface area contributed by atoms with Crippen molar-refractivity contribution in [2.75, 3.05) is 19.6 Å². The predicted octanol–water partition coefficient (Wildman–Crippen LogP) is 3.17. The zero-order chi connectivity index (χ0) is 15.4. The molecule has 0 aromatic heterocycles. The number of hydrogen-bond donors (Lipinski definition) is 1. The Kier molecular flexibility index (Phi) is 5.14. The van der Waals surface area contributed by atoms with Gasteiger partial charge in [0.05, 0.1) is 0 Å². The molecule has 2 aliphatic rings. The number of rotatable bonds is 3. The van der Waals surface area contributed by atoms with Gasteiger partial charge in [0.25, 0.3) is 0 Å². The number of amides is 1. The number of benzene rings is 1. The molecule has 1 amide bonds. The molecule has 1 unspecified atom stereocenters. The van der Waals surface area contributed by atoms with Crippen molar-refractivity contribution in [3.63, 3.8) is 0 Å². The fourth-order valence-corrected chi connectivity index (χ4v) is 3.96. The highest BCUT2D eigenvalue weighted by molar-refractivity contribution is 5.76. The first-order chi connectivity index (χ1) is 10.7. The van der Waals surface area contributed by atoms with Gasteiger partial charge in [-0.1, -0.05) is 30.3 Å². The maximum atomic E-state index is 12.5. The van der Waals surface area contributed by atoms with Crippen LogP contribution in [0.15, 0.2) is 30.3 Å². The predicted molar refractivity (Wildman–Crippen MR) is 89.8 cm³/mol. The molecule has 2 fully saturated rings. The summed E-state index contributed by atoms with van der Waals surface area (Å²) in [6.45, 7) is 4.85. The van der Waals surface area contributed by atoms with Crippen LogP contribution >= 0.6 is 0 Å². The standard InChI is InChI=1S/C19H28N2O/c1-15-14-21(12-11-20-15)19(22)13-16-7-9-18(10-8-16)17-5-3-2-4-6-17/h2-6,15-16,18,20H,7-14H2,1H3. The van der Waals surface area contributed by atoms with E-state index < -0.39 is 0 Å². The van der Waals surface area contributed by atoms with Crippen molar-refractivity contribution >= 4 is 5.91 Å². The lowest BCUT2D eigenvalue weighted by Crippen LogP contribution is -2.51. The maximum Gasteiger partial charge on any atom is 0.222 e. The number of hydrogen-bond acceptors (Lipinski definition) is 2. The first kappa shape index (κ1) is 15.5. The minimum absolute atomic E-state index is 0.372. The fraction of sp³-hybridized carbons (Fsp3) is 0.632. The average molecular weight is 300 g/mol. The molecule has 1 atom stereocenters. The SMILES string of the molecule is CC1CN(C(=O)CC2CCC(c3ccccc3)CC2)CCN1. The van der Waals surface area contributed by atoms with E-state index in [0.29, 0.717) is 23.8 Å². The van der Waals surface area contributed by atoms with E-state index in [4.69, 9.17) is 0 Å². The Morgan fingerprint density at radius 3 is 2.59 bits per heavy atom. The highest BCUT2D eigenvalue weighted by Gasteiger charge is 2.27. The van der Waals surface area contributed by atoms with Crippen LogP contribution in [0.2, 0.25) is 0 Å². The number of nitrogens with zero attached hydrogens (tertiary/aromatic N) is 1. The summed E-state index contributed by atoms with van der Waals surface area (Å²) < 4.78 is 0. The summed E-state index contributed by atoms with van der Waals surface area (Å²) in [4.78, 5) is 14.5. The third kappa shape index (κ3) is 3.89. The summed E-state index contributed by atoms with van der Waals surface area (Å²) in [5.41, 5.74) is 1.48. The largest absolute Gasteiger partial charge is 0.340 e. The third-order valence-electron chi connectivity index (χ3n) is 5.30. The molecule has 0 bridgehead atoms. The number of piperazine rings is 1. The van der Waals surface area contributed by atoms with Crippen molar-refractivity contribution in [3.8, 4) is 0 Å². The number of carbonyl (C=O) groups excluding carboxylic acids is 1. The van der Waals surface area contributed by atoms with Gasteiger partial charge >= 0.3 is 0 Å². The summed E-state index contributed by atoms with van der Waals surface area (Å²) in [5, 5.41) is 3.40. The molecule has 3 heteroatoms. The molecule has 22 heavy (non-hydrogen) atoms. The number of carbonyl (C=O) groups is 1. The van der Waals surface area contributed by atoms with Crippen LogP contribution < -0.4 is 5.32 Å². The first-order valence-electron chi connectivity index (χ1n) is 8.78. The summed E-state index contributed by atoms with van der Waals surface area (Å²) in [5.74, 6) is 1.67. The van der Waals surface area contributed by atoms with Crippen LogP contribution in [0.4, 0.5) is 0 Å².